The Balaban J connectivity index is 2.13. The van der Waals surface area contributed by atoms with Crippen LogP contribution in [0.4, 0.5) is 0 Å². The van der Waals surface area contributed by atoms with E-state index in [2.05, 4.69) is 15.0 Å². The lowest BCUT2D eigenvalue weighted by atomic mass is 10.0. The Bertz CT molecular complexity index is 710. The van der Waals surface area contributed by atoms with Crippen molar-refractivity contribution in [3.63, 3.8) is 0 Å². The van der Waals surface area contributed by atoms with Gasteiger partial charge < -0.3 is 0 Å². The average Bonchev–Trinajstić information content (AvgIpc) is 2.48. The van der Waals surface area contributed by atoms with Crippen molar-refractivity contribution in [2.75, 3.05) is 0 Å². The Labute approximate surface area is 117 Å². The molecule has 0 bridgehead atoms. The smallest absolute Gasteiger partial charge is 0.164 e. The van der Waals surface area contributed by atoms with Gasteiger partial charge in [-0.1, -0.05) is 48.0 Å². The van der Waals surface area contributed by atoms with Gasteiger partial charge in [-0.05, 0) is 23.2 Å². The van der Waals surface area contributed by atoms with Crippen molar-refractivity contribution in [3.8, 4) is 22.5 Å². The zero-order chi connectivity index (χ0) is 13.9. The van der Waals surface area contributed by atoms with E-state index in [4.69, 9.17) is 13.0 Å². The van der Waals surface area contributed by atoms with Crippen molar-refractivity contribution in [2.45, 2.75) is 0 Å². The second-order valence-corrected chi connectivity index (χ2v) is 4.35. The van der Waals surface area contributed by atoms with Gasteiger partial charge in [-0.2, -0.15) is 0 Å². The van der Waals surface area contributed by atoms with Gasteiger partial charge in [0.15, 0.2) is 5.82 Å². The lowest BCUT2D eigenvalue weighted by Gasteiger charge is -2.06. The topological polar surface area (TPSA) is 38.7 Å². The molecule has 2 aromatic carbocycles. The van der Waals surface area contributed by atoms with Crippen molar-refractivity contribution in [3.05, 3.63) is 66.2 Å². The second-order valence-electron chi connectivity index (χ2n) is 3.94. The lowest BCUT2D eigenvalue weighted by molar-refractivity contribution is 1.06. The highest BCUT2D eigenvalue weighted by Crippen LogP contribution is 2.30. The number of aromatic nitrogens is 3. The summed E-state index contributed by atoms with van der Waals surface area (Å²) in [7, 11) is 0. The summed E-state index contributed by atoms with van der Waals surface area (Å²) in [5, 5.41) is 0.461. The van der Waals surface area contributed by atoms with E-state index in [-0.39, 0.29) is 0 Å². The number of hydrogen-bond donors (Lipinski definition) is 0. The van der Waals surface area contributed by atoms with Crippen molar-refractivity contribution >= 4 is 11.6 Å². The summed E-state index contributed by atoms with van der Waals surface area (Å²) in [6, 6.07) is 13.7. The molecule has 3 aromatic rings. The fourth-order valence-electron chi connectivity index (χ4n) is 1.81. The molecular weight excluding hydrogens is 258 g/mol. The van der Waals surface area contributed by atoms with Crippen LogP contribution in [-0.2, 0) is 0 Å². The van der Waals surface area contributed by atoms with Gasteiger partial charge in [-0.25, -0.2) is 15.0 Å². The van der Waals surface area contributed by atoms with Crippen LogP contribution in [0.3, 0.4) is 0 Å². The maximum atomic E-state index is 8.15. The first-order chi connectivity index (χ1) is 9.75. The molecule has 92 valence electrons. The van der Waals surface area contributed by atoms with E-state index < -0.39 is 0 Å². The van der Waals surface area contributed by atoms with Gasteiger partial charge in [0.05, 0.1) is 6.39 Å². The third-order valence-corrected chi connectivity index (χ3v) is 3.02. The molecule has 0 amide bonds. The van der Waals surface area contributed by atoms with Crippen LogP contribution >= 0.6 is 11.6 Å². The van der Waals surface area contributed by atoms with Crippen molar-refractivity contribution < 1.29 is 1.37 Å². The molecule has 19 heavy (non-hydrogen) atoms. The molecule has 0 fully saturated rings. The molecule has 4 heteroatoms. The first-order valence-electron chi connectivity index (χ1n) is 6.23. The van der Waals surface area contributed by atoms with Gasteiger partial charge >= 0.3 is 0 Å². The predicted molar refractivity (Wildman–Crippen MR) is 75.7 cm³/mol. The highest BCUT2D eigenvalue weighted by atomic mass is 35.5. The Kier molecular flexibility index (Phi) is 2.89. The predicted octanol–water partition coefficient (Wildman–Crippen LogP) is 3.86. The third kappa shape index (κ3) is 2.46. The molecule has 0 spiro atoms. The standard InChI is InChI=1S/C15H10ClN3/c16-14-8-12(11-4-2-1-3-5-11)6-7-13(14)15-18-9-17-10-19-15/h1-10H/i7D. The molecular formula is C15H10ClN3. The number of rotatable bonds is 2. The molecule has 0 unspecified atom stereocenters. The van der Waals surface area contributed by atoms with Crippen LogP contribution in [0.5, 0.6) is 0 Å². The SMILES string of the molecule is [2H]c1cc(-c2ccccc2)cc(Cl)c1-c1ncncn1. The van der Waals surface area contributed by atoms with Gasteiger partial charge in [0, 0.05) is 5.56 Å². The van der Waals surface area contributed by atoms with Gasteiger partial charge in [0.25, 0.3) is 0 Å². The monoisotopic (exact) mass is 268 g/mol. The average molecular weight is 269 g/mol. The summed E-state index contributed by atoms with van der Waals surface area (Å²) >= 11 is 6.30. The number of nitrogens with zero attached hydrogens (tertiary/aromatic N) is 3. The van der Waals surface area contributed by atoms with Crippen LogP contribution in [0, 0.1) is 0 Å². The molecule has 1 heterocycles. The highest BCUT2D eigenvalue weighted by molar-refractivity contribution is 6.33. The second kappa shape index (κ2) is 5.16. The minimum Gasteiger partial charge on any atom is -0.225 e. The summed E-state index contributed by atoms with van der Waals surface area (Å²) < 4.78 is 8.15. The fraction of sp³-hybridized carbons (Fsp3) is 0. The molecule has 3 rings (SSSR count). The van der Waals surface area contributed by atoms with Crippen LogP contribution in [0.1, 0.15) is 1.37 Å². The largest absolute Gasteiger partial charge is 0.225 e. The van der Waals surface area contributed by atoms with E-state index in [9.17, 15) is 0 Å². The van der Waals surface area contributed by atoms with Crippen LogP contribution in [-0.4, -0.2) is 15.0 Å². The van der Waals surface area contributed by atoms with E-state index in [1.807, 2.05) is 36.4 Å². The molecule has 0 aliphatic rings. The Hall–Kier alpha value is -2.26. The molecule has 0 aliphatic heterocycles. The summed E-state index contributed by atoms with van der Waals surface area (Å²) in [5.41, 5.74) is 2.44. The minimum absolute atomic E-state index is 0.294. The summed E-state index contributed by atoms with van der Waals surface area (Å²) in [4.78, 5) is 11.9. The van der Waals surface area contributed by atoms with E-state index in [0.717, 1.165) is 11.1 Å². The molecule has 0 N–H and O–H groups in total. The molecule has 3 nitrogen and oxygen atoms in total. The Morgan fingerprint density at radius 3 is 2.37 bits per heavy atom. The van der Waals surface area contributed by atoms with Crippen LogP contribution in [0.2, 0.25) is 5.02 Å². The first-order valence-corrected chi connectivity index (χ1v) is 6.11. The van der Waals surface area contributed by atoms with E-state index >= 15 is 0 Å². The third-order valence-electron chi connectivity index (χ3n) is 2.72. The number of benzene rings is 2. The van der Waals surface area contributed by atoms with E-state index in [1.54, 1.807) is 6.07 Å². The molecule has 0 radical (unpaired) electrons. The van der Waals surface area contributed by atoms with Gasteiger partial charge in [0.1, 0.15) is 12.7 Å². The number of halogens is 1. The highest BCUT2D eigenvalue weighted by Gasteiger charge is 2.07. The van der Waals surface area contributed by atoms with Gasteiger partial charge in [-0.15, -0.1) is 0 Å². The molecule has 0 saturated heterocycles. The van der Waals surface area contributed by atoms with E-state index in [1.165, 1.54) is 12.7 Å². The molecule has 0 aliphatic carbocycles. The first kappa shape index (κ1) is 10.6. The maximum absolute atomic E-state index is 8.15. The van der Waals surface area contributed by atoms with Gasteiger partial charge in [-0.3, -0.25) is 0 Å². The van der Waals surface area contributed by atoms with Gasteiger partial charge in [0.2, 0.25) is 0 Å². The molecule has 1 aromatic heterocycles. The van der Waals surface area contributed by atoms with Crippen molar-refractivity contribution in [1.82, 2.24) is 15.0 Å². The minimum atomic E-state index is 0.294. The quantitative estimate of drug-likeness (QED) is 0.708. The maximum Gasteiger partial charge on any atom is 0.164 e. The summed E-state index contributed by atoms with van der Waals surface area (Å²) in [5.74, 6) is 0.412. The summed E-state index contributed by atoms with van der Waals surface area (Å²) in [6.45, 7) is 0. The summed E-state index contributed by atoms with van der Waals surface area (Å²) in [6.07, 6.45) is 2.78. The lowest BCUT2D eigenvalue weighted by Crippen LogP contribution is -1.90. The van der Waals surface area contributed by atoms with Crippen molar-refractivity contribution in [2.24, 2.45) is 0 Å². The molecule has 0 atom stereocenters. The van der Waals surface area contributed by atoms with Crippen LogP contribution in [0.15, 0.2) is 61.2 Å². The fourth-order valence-corrected chi connectivity index (χ4v) is 2.06. The zero-order valence-corrected chi connectivity index (χ0v) is 10.7. The Morgan fingerprint density at radius 1 is 0.947 bits per heavy atom. The Morgan fingerprint density at radius 2 is 1.68 bits per heavy atom. The normalized spacial score (nSPS) is 11.1. The van der Waals surface area contributed by atoms with Crippen LogP contribution in [0.25, 0.3) is 22.5 Å². The van der Waals surface area contributed by atoms with E-state index in [0.29, 0.717) is 22.5 Å². The number of hydrogen-bond acceptors (Lipinski definition) is 3. The van der Waals surface area contributed by atoms with Crippen molar-refractivity contribution in [1.29, 1.82) is 0 Å². The zero-order valence-electron chi connectivity index (χ0n) is 10.9. The molecule has 0 saturated carbocycles. The van der Waals surface area contributed by atoms with Crippen LogP contribution < -0.4 is 0 Å².